The molecular formula is C12H13NO3S2. The zero-order valence-corrected chi connectivity index (χ0v) is 11.4. The summed E-state index contributed by atoms with van der Waals surface area (Å²) < 4.78 is 0. The number of carbonyl (C=O) groups is 1. The fraction of sp³-hybridized carbons (Fsp3) is 0.333. The lowest BCUT2D eigenvalue weighted by Gasteiger charge is -2.17. The highest BCUT2D eigenvalue weighted by Gasteiger charge is 2.19. The second-order valence-corrected chi connectivity index (χ2v) is 4.99. The summed E-state index contributed by atoms with van der Waals surface area (Å²) in [7, 11) is 0. The molecule has 1 aromatic carbocycles. The summed E-state index contributed by atoms with van der Waals surface area (Å²) in [6.45, 7) is 1.42. The minimum Gasteiger partial charge on any atom is -0.389 e. The van der Waals surface area contributed by atoms with Gasteiger partial charge in [-0.1, -0.05) is 23.9 Å². The van der Waals surface area contributed by atoms with E-state index in [1.807, 2.05) is 0 Å². The van der Waals surface area contributed by atoms with Crippen molar-refractivity contribution in [1.29, 1.82) is 0 Å². The molecule has 2 atom stereocenters. The van der Waals surface area contributed by atoms with Crippen molar-refractivity contribution in [1.82, 2.24) is 0 Å². The maximum Gasteiger partial charge on any atom is 0.185 e. The second-order valence-electron chi connectivity index (χ2n) is 3.61. The number of benzene rings is 1. The van der Waals surface area contributed by atoms with Crippen LogP contribution in [0.2, 0.25) is 0 Å². The quantitative estimate of drug-likeness (QED) is 0.639. The first-order valence-electron chi connectivity index (χ1n) is 5.22. The first kappa shape index (κ1) is 15.0. The molecule has 0 aromatic heterocycles. The van der Waals surface area contributed by atoms with Crippen LogP contribution in [0, 0.1) is 0 Å². The number of aliphatic hydroxyl groups excluding tert-OH is 2. The Hall–Kier alpha value is -1.04. The van der Waals surface area contributed by atoms with Crippen LogP contribution >= 0.6 is 24.0 Å². The van der Waals surface area contributed by atoms with Gasteiger partial charge in [0.05, 0.1) is 17.0 Å². The van der Waals surface area contributed by atoms with E-state index in [1.165, 1.54) is 6.92 Å². The van der Waals surface area contributed by atoms with Crippen molar-refractivity contribution in [3.05, 3.63) is 29.8 Å². The standard InChI is InChI=1S/C12H13NO3S2/c1-8(14)18-6-11(15)12(16)9-3-2-4-10(5-9)13-7-17/h2-5,11-12,15-16H,6H2,1H3. The Morgan fingerprint density at radius 1 is 1.56 bits per heavy atom. The number of hydrogen-bond acceptors (Lipinski definition) is 6. The SMILES string of the molecule is CC(=O)SCC(O)C(O)c1cccc(N=C=S)c1. The summed E-state index contributed by atoms with van der Waals surface area (Å²) in [5.74, 6) is 0.150. The van der Waals surface area contributed by atoms with E-state index in [0.717, 1.165) is 11.8 Å². The topological polar surface area (TPSA) is 69.9 Å². The van der Waals surface area contributed by atoms with E-state index in [-0.39, 0.29) is 10.9 Å². The van der Waals surface area contributed by atoms with Gasteiger partial charge in [-0.25, -0.2) is 0 Å². The van der Waals surface area contributed by atoms with Crippen LogP contribution in [0.4, 0.5) is 5.69 Å². The van der Waals surface area contributed by atoms with Gasteiger partial charge in [-0.3, -0.25) is 4.79 Å². The van der Waals surface area contributed by atoms with Crippen LogP contribution in [0.1, 0.15) is 18.6 Å². The average molecular weight is 283 g/mol. The molecule has 18 heavy (non-hydrogen) atoms. The van der Waals surface area contributed by atoms with Gasteiger partial charge >= 0.3 is 0 Å². The molecule has 0 radical (unpaired) electrons. The molecule has 0 bridgehead atoms. The van der Waals surface area contributed by atoms with Gasteiger partial charge in [0.1, 0.15) is 6.10 Å². The van der Waals surface area contributed by atoms with Crippen LogP contribution in [-0.2, 0) is 4.79 Å². The van der Waals surface area contributed by atoms with E-state index in [2.05, 4.69) is 22.4 Å². The lowest BCUT2D eigenvalue weighted by atomic mass is 10.1. The van der Waals surface area contributed by atoms with Crippen LogP contribution in [-0.4, -0.2) is 32.3 Å². The van der Waals surface area contributed by atoms with Crippen LogP contribution < -0.4 is 0 Å². The third kappa shape index (κ3) is 4.68. The van der Waals surface area contributed by atoms with Gasteiger partial charge in [0.15, 0.2) is 5.12 Å². The summed E-state index contributed by atoms with van der Waals surface area (Å²) in [4.78, 5) is 14.6. The highest BCUT2D eigenvalue weighted by atomic mass is 32.2. The summed E-state index contributed by atoms with van der Waals surface area (Å²) >= 11 is 5.47. The monoisotopic (exact) mass is 283 g/mol. The second kappa shape index (κ2) is 7.41. The molecule has 2 N–H and O–H groups in total. The van der Waals surface area contributed by atoms with Crippen molar-refractivity contribution in [3.63, 3.8) is 0 Å². The van der Waals surface area contributed by atoms with Gasteiger partial charge in [-0.2, -0.15) is 4.99 Å². The van der Waals surface area contributed by atoms with Gasteiger partial charge in [-0.15, -0.1) is 0 Å². The molecule has 0 amide bonds. The minimum absolute atomic E-state index is 0.0969. The first-order valence-corrected chi connectivity index (χ1v) is 6.61. The number of hydrogen-bond donors (Lipinski definition) is 2. The van der Waals surface area contributed by atoms with Crippen molar-refractivity contribution in [2.75, 3.05) is 5.75 Å². The van der Waals surface area contributed by atoms with Crippen molar-refractivity contribution in [3.8, 4) is 0 Å². The van der Waals surface area contributed by atoms with Crippen molar-refractivity contribution < 1.29 is 15.0 Å². The average Bonchev–Trinajstić information content (AvgIpc) is 2.35. The molecule has 1 aromatic rings. The molecule has 0 aliphatic heterocycles. The molecular weight excluding hydrogens is 270 g/mol. The van der Waals surface area contributed by atoms with Crippen molar-refractivity contribution in [2.24, 2.45) is 4.99 Å². The predicted octanol–water partition coefficient (Wildman–Crippen LogP) is 2.09. The molecule has 1 rings (SSSR count). The highest BCUT2D eigenvalue weighted by Crippen LogP contribution is 2.23. The molecule has 0 spiro atoms. The molecule has 0 aliphatic rings. The molecule has 0 aliphatic carbocycles. The summed E-state index contributed by atoms with van der Waals surface area (Å²) in [6.07, 6.45) is -2.07. The Labute approximate surface area is 115 Å². The number of carbonyl (C=O) groups excluding carboxylic acids is 1. The van der Waals surface area contributed by atoms with Crippen molar-refractivity contribution in [2.45, 2.75) is 19.1 Å². The Bertz CT molecular complexity index is 472. The van der Waals surface area contributed by atoms with Crippen LogP contribution in [0.5, 0.6) is 0 Å². The summed E-state index contributed by atoms with van der Waals surface area (Å²) in [5.41, 5.74) is 1.09. The van der Waals surface area contributed by atoms with Gasteiger partial charge in [-0.05, 0) is 29.9 Å². The molecule has 0 saturated carbocycles. The van der Waals surface area contributed by atoms with Crippen LogP contribution in [0.15, 0.2) is 29.3 Å². The van der Waals surface area contributed by atoms with E-state index in [4.69, 9.17) is 0 Å². The molecule has 0 fully saturated rings. The van der Waals surface area contributed by atoms with Crippen LogP contribution in [0.3, 0.4) is 0 Å². The Balaban J connectivity index is 2.76. The lowest BCUT2D eigenvalue weighted by Crippen LogP contribution is -2.21. The third-order valence-electron chi connectivity index (χ3n) is 2.21. The Morgan fingerprint density at radius 2 is 2.28 bits per heavy atom. The molecule has 96 valence electrons. The van der Waals surface area contributed by atoms with Gasteiger partial charge in [0.2, 0.25) is 0 Å². The molecule has 0 saturated heterocycles. The molecule has 0 heterocycles. The number of rotatable bonds is 5. The number of thioether (sulfide) groups is 1. The zero-order chi connectivity index (χ0) is 13.5. The number of aliphatic hydroxyl groups is 2. The van der Waals surface area contributed by atoms with E-state index in [0.29, 0.717) is 11.3 Å². The number of aliphatic imine (C=N–C) groups is 1. The number of thiocarbonyl (C=S) groups is 1. The van der Waals surface area contributed by atoms with Gasteiger partial charge in [0, 0.05) is 12.7 Å². The summed E-state index contributed by atoms with van der Waals surface area (Å²) in [6, 6.07) is 6.71. The van der Waals surface area contributed by atoms with Gasteiger partial charge < -0.3 is 10.2 Å². The van der Waals surface area contributed by atoms with E-state index < -0.39 is 12.2 Å². The maximum atomic E-state index is 10.8. The number of isothiocyanates is 1. The smallest absolute Gasteiger partial charge is 0.185 e. The Morgan fingerprint density at radius 3 is 2.89 bits per heavy atom. The van der Waals surface area contributed by atoms with Gasteiger partial charge in [0.25, 0.3) is 0 Å². The van der Waals surface area contributed by atoms with E-state index in [9.17, 15) is 15.0 Å². The highest BCUT2D eigenvalue weighted by molar-refractivity contribution is 8.13. The molecule has 6 heteroatoms. The Kier molecular flexibility index (Phi) is 6.18. The predicted molar refractivity (Wildman–Crippen MR) is 75.2 cm³/mol. The van der Waals surface area contributed by atoms with Crippen molar-refractivity contribution >= 4 is 39.9 Å². The number of nitrogens with zero attached hydrogens (tertiary/aromatic N) is 1. The lowest BCUT2D eigenvalue weighted by molar-refractivity contribution is -0.109. The first-order chi connectivity index (χ1) is 8.54. The summed E-state index contributed by atoms with van der Waals surface area (Å²) in [5, 5.41) is 21.8. The minimum atomic E-state index is -1.06. The third-order valence-corrected chi connectivity index (χ3v) is 3.21. The fourth-order valence-electron chi connectivity index (χ4n) is 1.35. The molecule has 4 nitrogen and oxygen atoms in total. The van der Waals surface area contributed by atoms with Crippen LogP contribution in [0.25, 0.3) is 0 Å². The van der Waals surface area contributed by atoms with E-state index >= 15 is 0 Å². The molecule has 2 unspecified atom stereocenters. The van der Waals surface area contributed by atoms with E-state index in [1.54, 1.807) is 24.3 Å². The zero-order valence-electron chi connectivity index (χ0n) is 9.74. The maximum absolute atomic E-state index is 10.8. The largest absolute Gasteiger partial charge is 0.389 e. The fourth-order valence-corrected chi connectivity index (χ4v) is 2.04. The normalized spacial score (nSPS) is 13.5.